The number of halogens is 1. The predicted octanol–water partition coefficient (Wildman–Crippen LogP) is 3.13. The van der Waals surface area contributed by atoms with Gasteiger partial charge in [-0.15, -0.1) is 0 Å². The van der Waals surface area contributed by atoms with Gasteiger partial charge in [0.05, 0.1) is 17.7 Å². The molecular weight excluding hydrogens is 442 g/mol. The molecule has 1 aliphatic rings. The summed E-state index contributed by atoms with van der Waals surface area (Å²) in [6.07, 6.45) is 4.45. The number of phenolic OH excluding ortho intramolecular Hbond substituents is 1. The first-order valence-corrected chi connectivity index (χ1v) is 9.94. The van der Waals surface area contributed by atoms with E-state index in [4.69, 9.17) is 4.74 Å². The predicted molar refractivity (Wildman–Crippen MR) is 112 cm³/mol. The first kappa shape index (κ1) is 21.2. The summed E-state index contributed by atoms with van der Waals surface area (Å²) >= 11 is 3.28. The molecule has 3 heterocycles. The first-order chi connectivity index (χ1) is 14.0. The molecule has 0 spiro atoms. The molecule has 0 unspecified atom stereocenters. The lowest BCUT2D eigenvalue weighted by atomic mass is 10.1. The van der Waals surface area contributed by atoms with Gasteiger partial charge >= 0.3 is 5.82 Å². The van der Waals surface area contributed by atoms with Gasteiger partial charge < -0.3 is 20.0 Å². The van der Waals surface area contributed by atoms with Crippen molar-refractivity contribution in [3.05, 3.63) is 57.1 Å². The van der Waals surface area contributed by atoms with Crippen LogP contribution in [0.15, 0.2) is 41.4 Å². The minimum atomic E-state index is -0.410. The van der Waals surface area contributed by atoms with Gasteiger partial charge in [0.25, 0.3) is 0 Å². The highest BCUT2D eigenvalue weighted by molar-refractivity contribution is 9.10. The van der Waals surface area contributed by atoms with Gasteiger partial charge in [0.2, 0.25) is 0 Å². The molecule has 0 atom stereocenters. The van der Waals surface area contributed by atoms with Crippen LogP contribution < -0.4 is 0 Å². The second-order valence-electron chi connectivity index (χ2n) is 6.58. The van der Waals surface area contributed by atoms with Crippen LogP contribution in [0.2, 0.25) is 0 Å². The number of nitrogens with zero attached hydrogens (tertiary/aromatic N) is 5. The Morgan fingerprint density at radius 1 is 1.34 bits per heavy atom. The number of pyridine rings is 1. The largest absolute Gasteiger partial charge is 0.505 e. The van der Waals surface area contributed by atoms with Crippen LogP contribution in [0.1, 0.15) is 5.56 Å². The second kappa shape index (κ2) is 9.77. The first-order valence-electron chi connectivity index (χ1n) is 9.14. The molecule has 0 radical (unpaired) electrons. The number of hydrogen-bond acceptors (Lipinski definition) is 7. The van der Waals surface area contributed by atoms with Gasteiger partial charge in [-0.3, -0.25) is 9.88 Å². The molecule has 1 aliphatic heterocycles. The van der Waals surface area contributed by atoms with E-state index in [1.807, 2.05) is 25.1 Å². The van der Waals surface area contributed by atoms with Crippen LogP contribution in [0.3, 0.4) is 0 Å². The SMILES string of the molecule is Cc1cc(Br)c(O)c2ncccc12.O=[N+]([O-])c1cncn1CCN1CCOCC1. The van der Waals surface area contributed by atoms with Crippen LogP contribution in [0, 0.1) is 17.0 Å². The zero-order chi connectivity index (χ0) is 20.8. The van der Waals surface area contributed by atoms with Crippen molar-refractivity contribution in [2.75, 3.05) is 32.8 Å². The highest BCUT2D eigenvalue weighted by Gasteiger charge is 2.15. The number of nitro groups is 1. The van der Waals surface area contributed by atoms with Crippen LogP contribution in [0.4, 0.5) is 5.82 Å². The van der Waals surface area contributed by atoms with Crippen LogP contribution in [0.25, 0.3) is 10.9 Å². The third-order valence-electron chi connectivity index (χ3n) is 4.66. The van der Waals surface area contributed by atoms with Gasteiger partial charge in [-0.2, -0.15) is 0 Å². The van der Waals surface area contributed by atoms with Crippen molar-refractivity contribution in [1.82, 2.24) is 19.4 Å². The third-order valence-corrected chi connectivity index (χ3v) is 5.27. The third kappa shape index (κ3) is 5.28. The molecule has 0 amide bonds. The van der Waals surface area contributed by atoms with Crippen molar-refractivity contribution in [1.29, 1.82) is 0 Å². The Labute approximate surface area is 176 Å². The van der Waals surface area contributed by atoms with Crippen molar-refractivity contribution in [2.24, 2.45) is 0 Å². The van der Waals surface area contributed by atoms with E-state index >= 15 is 0 Å². The number of morpholine rings is 1. The molecule has 1 saturated heterocycles. The van der Waals surface area contributed by atoms with Gasteiger partial charge in [-0.05, 0) is 45.5 Å². The molecule has 1 aromatic carbocycles. The van der Waals surface area contributed by atoms with Crippen molar-refractivity contribution < 1.29 is 14.8 Å². The van der Waals surface area contributed by atoms with E-state index < -0.39 is 4.92 Å². The summed E-state index contributed by atoms with van der Waals surface area (Å²) in [7, 11) is 0. The fourth-order valence-electron chi connectivity index (χ4n) is 3.07. The number of aromatic nitrogens is 3. The fraction of sp³-hybridized carbons (Fsp3) is 0.368. The normalized spacial score (nSPS) is 14.4. The fourth-order valence-corrected chi connectivity index (χ4v) is 3.60. The maximum absolute atomic E-state index is 10.6. The summed E-state index contributed by atoms with van der Waals surface area (Å²) in [5.41, 5.74) is 1.75. The Bertz CT molecular complexity index is 988. The molecular formula is C19H22BrN5O4. The average Bonchev–Trinajstić information content (AvgIpc) is 3.21. The number of phenols is 1. The topological polar surface area (TPSA) is 107 Å². The maximum atomic E-state index is 10.6. The number of fused-ring (bicyclic) bond motifs is 1. The Morgan fingerprint density at radius 3 is 2.83 bits per heavy atom. The lowest BCUT2D eigenvalue weighted by Crippen LogP contribution is -2.38. The van der Waals surface area contributed by atoms with Gasteiger partial charge in [0, 0.05) is 31.2 Å². The molecule has 1 N–H and O–H groups in total. The monoisotopic (exact) mass is 463 g/mol. The number of hydrogen-bond donors (Lipinski definition) is 1. The van der Waals surface area contributed by atoms with Gasteiger partial charge in [-0.25, -0.2) is 9.55 Å². The van der Waals surface area contributed by atoms with E-state index in [0.29, 0.717) is 16.5 Å². The average molecular weight is 464 g/mol. The highest BCUT2D eigenvalue weighted by Crippen LogP contribution is 2.33. The summed E-state index contributed by atoms with van der Waals surface area (Å²) in [5, 5.41) is 21.3. The van der Waals surface area contributed by atoms with Crippen molar-refractivity contribution in [3.8, 4) is 5.75 Å². The molecule has 154 valence electrons. The maximum Gasteiger partial charge on any atom is 0.342 e. The smallest absolute Gasteiger partial charge is 0.342 e. The molecule has 0 bridgehead atoms. The Kier molecular flexibility index (Phi) is 7.13. The van der Waals surface area contributed by atoms with Crippen molar-refractivity contribution >= 4 is 32.7 Å². The lowest BCUT2D eigenvalue weighted by Gasteiger charge is -2.25. The van der Waals surface area contributed by atoms with E-state index in [9.17, 15) is 15.2 Å². The molecule has 3 aromatic rings. The highest BCUT2D eigenvalue weighted by atomic mass is 79.9. The van der Waals surface area contributed by atoms with Gasteiger partial charge in [-0.1, -0.05) is 6.07 Å². The van der Waals surface area contributed by atoms with Crippen molar-refractivity contribution in [3.63, 3.8) is 0 Å². The minimum absolute atomic E-state index is 0.0493. The lowest BCUT2D eigenvalue weighted by molar-refractivity contribution is -0.392. The minimum Gasteiger partial charge on any atom is -0.505 e. The molecule has 0 aliphatic carbocycles. The number of benzene rings is 1. The number of imidazole rings is 1. The van der Waals surface area contributed by atoms with Crippen molar-refractivity contribution in [2.45, 2.75) is 13.5 Å². The van der Waals surface area contributed by atoms with Crippen LogP contribution in [-0.2, 0) is 11.3 Å². The number of aryl methyl sites for hydroxylation is 1. The molecule has 29 heavy (non-hydrogen) atoms. The summed E-state index contributed by atoms with van der Waals surface area (Å²) in [6.45, 7) is 6.65. The van der Waals surface area contributed by atoms with Crippen LogP contribution in [-0.4, -0.2) is 62.3 Å². The number of aromatic hydroxyl groups is 1. The van der Waals surface area contributed by atoms with Crippen LogP contribution >= 0.6 is 15.9 Å². The summed E-state index contributed by atoms with van der Waals surface area (Å²) in [4.78, 5) is 20.4. The number of ether oxygens (including phenoxy) is 1. The molecule has 9 nitrogen and oxygen atoms in total. The molecule has 1 fully saturated rings. The second-order valence-corrected chi connectivity index (χ2v) is 7.43. The van der Waals surface area contributed by atoms with Gasteiger partial charge in [0.1, 0.15) is 18.3 Å². The summed E-state index contributed by atoms with van der Waals surface area (Å²) in [5.74, 6) is 0.259. The van der Waals surface area contributed by atoms with E-state index in [1.165, 1.54) is 12.5 Å². The molecule has 0 saturated carbocycles. The zero-order valence-electron chi connectivity index (χ0n) is 16.0. The zero-order valence-corrected chi connectivity index (χ0v) is 17.6. The molecule has 4 rings (SSSR count). The van der Waals surface area contributed by atoms with Gasteiger partial charge in [0.15, 0.2) is 12.1 Å². The molecule has 2 aromatic heterocycles. The summed E-state index contributed by atoms with van der Waals surface area (Å²) in [6, 6.07) is 5.70. The van der Waals surface area contributed by atoms with E-state index in [2.05, 4.69) is 30.8 Å². The Balaban J connectivity index is 0.000000169. The Morgan fingerprint density at radius 2 is 2.10 bits per heavy atom. The Hall–Kier alpha value is -2.56. The van der Waals surface area contributed by atoms with E-state index in [1.54, 1.807) is 10.8 Å². The quantitative estimate of drug-likeness (QED) is 0.467. The van der Waals surface area contributed by atoms with Crippen LogP contribution in [0.5, 0.6) is 5.75 Å². The van der Waals surface area contributed by atoms with E-state index in [0.717, 1.165) is 43.8 Å². The van der Waals surface area contributed by atoms with E-state index in [-0.39, 0.29) is 11.6 Å². The standard InChI is InChI=1S/C10H8BrNO.C9H14N4O3/c1-6-5-8(11)10(13)9-7(6)3-2-4-12-9;14-13(15)9-7-10-8-12(9)2-1-11-3-5-16-6-4-11/h2-5,13H,1H3;7-8H,1-6H2. The summed E-state index contributed by atoms with van der Waals surface area (Å²) < 4.78 is 7.49. The molecule has 10 heteroatoms. The number of rotatable bonds is 4.